The van der Waals surface area contributed by atoms with Crippen molar-refractivity contribution in [3.05, 3.63) is 349 Å². The topological polar surface area (TPSA) is 136 Å². The molecule has 18 rings (SSSR count). The molecule has 0 saturated heterocycles. The average Bonchev–Trinajstić information content (AvgIpc) is 0.717. The van der Waals surface area contributed by atoms with Crippen LogP contribution in [0.1, 0.15) is 0 Å². The molecule has 454 valence electrons. The van der Waals surface area contributed by atoms with E-state index in [-0.39, 0.29) is 10.9 Å². The molecule has 0 aliphatic rings. The van der Waals surface area contributed by atoms with Crippen molar-refractivity contribution in [1.29, 1.82) is 0 Å². The van der Waals surface area contributed by atoms with Crippen molar-refractivity contribution in [2.75, 3.05) is 0 Å². The molecular formula is C83H54AlN7O5. The van der Waals surface area contributed by atoms with Crippen LogP contribution in [0.25, 0.3) is 132 Å². The molecule has 0 aliphatic carbocycles. The number of nitrogens with zero attached hydrogens (tertiary/aromatic N) is 7. The van der Waals surface area contributed by atoms with E-state index >= 15 is 0 Å². The highest BCUT2D eigenvalue weighted by Gasteiger charge is 2.46. The Hall–Kier alpha value is -12.7. The smallest absolute Gasteiger partial charge is 0.576 e. The maximum atomic E-state index is 13.8. The van der Waals surface area contributed by atoms with E-state index in [1.165, 1.54) is 22.3 Å². The van der Waals surface area contributed by atoms with Crippen molar-refractivity contribution in [2.24, 2.45) is 0 Å². The van der Waals surface area contributed by atoms with Gasteiger partial charge in [0.1, 0.15) is 33.8 Å². The number of hydrogen-bond donors (Lipinski definition) is 0. The second-order valence-corrected chi connectivity index (χ2v) is 24.1. The molecule has 18 aromatic rings. The Balaban J connectivity index is 0.000000115. The van der Waals surface area contributed by atoms with Crippen molar-refractivity contribution < 1.29 is 11.4 Å². The monoisotopic (exact) mass is 1260 g/mol. The minimum absolute atomic E-state index is 0.0464. The highest BCUT2D eigenvalue weighted by molar-refractivity contribution is 6.40. The molecule has 0 unspecified atom stereocenters. The first kappa shape index (κ1) is 58.4. The fourth-order valence-electron chi connectivity index (χ4n) is 12.8. The summed E-state index contributed by atoms with van der Waals surface area (Å²) in [5.74, 6) is 1.82. The van der Waals surface area contributed by atoms with E-state index in [0.29, 0.717) is 49.8 Å². The van der Waals surface area contributed by atoms with Gasteiger partial charge in [0.2, 0.25) is 0 Å². The Kier molecular flexibility index (Phi) is 15.7. The van der Waals surface area contributed by atoms with Crippen molar-refractivity contribution in [1.82, 2.24) is 34.1 Å². The maximum Gasteiger partial charge on any atom is 1.20 e. The zero-order valence-corrected chi connectivity index (χ0v) is 52.6. The molecule has 0 N–H and O–H groups in total. The third-order valence-corrected chi connectivity index (χ3v) is 18.5. The van der Waals surface area contributed by atoms with Crippen molar-refractivity contribution in [3.63, 3.8) is 0 Å². The van der Waals surface area contributed by atoms with Crippen molar-refractivity contribution in [2.45, 2.75) is 0 Å². The van der Waals surface area contributed by atoms with Gasteiger partial charge in [-0.1, -0.05) is 188 Å². The summed E-state index contributed by atoms with van der Waals surface area (Å²) in [6.07, 6.45) is 8.99. The molecule has 0 aliphatic heterocycles. The lowest BCUT2D eigenvalue weighted by molar-refractivity contribution is 0.311. The second-order valence-electron chi connectivity index (χ2n) is 22.9. The Morgan fingerprint density at radius 1 is 0.260 bits per heavy atom. The molecule has 11 aromatic carbocycles. The number of para-hydroxylation sites is 7. The fraction of sp³-hybridized carbons (Fsp3) is 0. The minimum Gasteiger partial charge on any atom is -0.576 e. The average molecular weight is 1260 g/mol. The zero-order valence-electron chi connectivity index (χ0n) is 51.4. The standard InChI is InChI=1S/C32H20N2O2.C24H16N2.3C9H7NO.Al/c35-31-23-15-7-9-17-27(23)33(21-11-3-1-4-12-21)29-19-26-30(20-25(29)31)34(22-13-5-2-6-14-22)28-18-10-8-16-24(28)32(26)36;1-3-7-17(8-4-1)19-13-15-25-23-21(19)11-12-22-20(14-16-26-24(22)23)18-9-5-2-6-10-18;3*11-8-5-1-3-7-4-2-6-10-9(7)8;/h1-20H;1-16H;3*1-6,11H;/q;;;;;+3/p-3. The quantitative estimate of drug-likeness (QED) is 0.0739. The lowest BCUT2D eigenvalue weighted by Crippen LogP contribution is -2.37. The highest BCUT2D eigenvalue weighted by atomic mass is 27.3. The Morgan fingerprint density at radius 2 is 0.594 bits per heavy atom. The van der Waals surface area contributed by atoms with Gasteiger partial charge in [0.15, 0.2) is 10.9 Å². The van der Waals surface area contributed by atoms with Gasteiger partial charge >= 0.3 is 15.1 Å². The summed E-state index contributed by atoms with van der Waals surface area (Å²) in [4.78, 5) is 50.5. The van der Waals surface area contributed by atoms with Crippen LogP contribution in [-0.2, 0) is 0 Å². The summed E-state index contributed by atoms with van der Waals surface area (Å²) in [6, 6.07) is 97.4. The number of fused-ring (bicyclic) bond motifs is 10. The summed E-state index contributed by atoms with van der Waals surface area (Å²) >= 11 is -2.86. The van der Waals surface area contributed by atoms with Crippen LogP contribution in [0, 0.1) is 0 Å². The number of aromatic nitrogens is 7. The normalized spacial score (nSPS) is 11.2. The van der Waals surface area contributed by atoms with Gasteiger partial charge in [0, 0.05) is 90.8 Å². The van der Waals surface area contributed by atoms with Crippen LogP contribution in [-0.4, -0.2) is 49.2 Å². The molecule has 0 fully saturated rings. The van der Waals surface area contributed by atoms with Gasteiger partial charge in [-0.05, 0) is 131 Å². The Labute approximate surface area is 554 Å². The second kappa shape index (κ2) is 25.8. The van der Waals surface area contributed by atoms with Gasteiger partial charge in [-0.15, -0.1) is 0 Å². The SMILES string of the molecule is O=c1c2ccccc2n(-c2ccccc2)c2cc3c(=O)c4ccccc4n(-c4ccccc4)c3cc12.c1ccc(-c2ccnc3c2ccc2c(-c4ccccc4)ccnc23)cc1.c1cnc2c([O][Al]([O]c3cccc4cccnc34)[O]c3cccc4cccnc34)cccc2c1. The molecule has 0 amide bonds. The summed E-state index contributed by atoms with van der Waals surface area (Å²) < 4.78 is 23.4. The van der Waals surface area contributed by atoms with Crippen molar-refractivity contribution >= 4 is 113 Å². The van der Waals surface area contributed by atoms with Gasteiger partial charge < -0.3 is 20.5 Å². The number of rotatable bonds is 10. The van der Waals surface area contributed by atoms with Gasteiger partial charge in [0.05, 0.1) is 33.1 Å². The number of pyridine rings is 7. The largest absolute Gasteiger partial charge is 1.20 e. The molecule has 13 heteroatoms. The van der Waals surface area contributed by atoms with E-state index in [9.17, 15) is 9.59 Å². The van der Waals surface area contributed by atoms with Crippen LogP contribution in [0.4, 0.5) is 0 Å². The molecule has 0 radical (unpaired) electrons. The van der Waals surface area contributed by atoms with E-state index in [2.05, 4.69) is 107 Å². The molecule has 7 aromatic heterocycles. The first-order valence-electron chi connectivity index (χ1n) is 31.4. The summed E-state index contributed by atoms with van der Waals surface area (Å²) in [5, 5.41) is 7.62. The first-order valence-corrected chi connectivity index (χ1v) is 32.8. The fourth-order valence-corrected chi connectivity index (χ4v) is 14.1. The van der Waals surface area contributed by atoms with Crippen LogP contribution < -0.4 is 22.2 Å². The van der Waals surface area contributed by atoms with E-state index in [1.54, 1.807) is 18.6 Å². The predicted octanol–water partition coefficient (Wildman–Crippen LogP) is 18.6. The molecule has 96 heavy (non-hydrogen) atoms. The number of hydrogen-bond acceptors (Lipinski definition) is 10. The van der Waals surface area contributed by atoms with Crippen LogP contribution in [0.3, 0.4) is 0 Å². The van der Waals surface area contributed by atoms with E-state index < -0.39 is 15.1 Å². The van der Waals surface area contributed by atoms with E-state index in [1.807, 2.05) is 237 Å². The summed E-state index contributed by atoms with van der Waals surface area (Å²) in [6.45, 7) is 0. The predicted molar refractivity (Wildman–Crippen MR) is 388 cm³/mol. The van der Waals surface area contributed by atoms with Gasteiger partial charge in [0.25, 0.3) is 0 Å². The van der Waals surface area contributed by atoms with Crippen LogP contribution in [0.15, 0.2) is 338 Å². The molecule has 12 nitrogen and oxygen atoms in total. The lowest BCUT2D eigenvalue weighted by Gasteiger charge is -2.19. The molecular weight excluding hydrogens is 1200 g/mol. The number of benzene rings is 11. The Bertz CT molecular complexity index is 5620. The molecule has 0 spiro atoms. The minimum atomic E-state index is -2.86. The van der Waals surface area contributed by atoms with E-state index in [4.69, 9.17) is 11.4 Å². The van der Waals surface area contributed by atoms with Crippen LogP contribution in [0.5, 0.6) is 17.2 Å². The molecule has 0 bridgehead atoms. The zero-order chi connectivity index (χ0) is 64.3. The van der Waals surface area contributed by atoms with Crippen LogP contribution >= 0.6 is 0 Å². The van der Waals surface area contributed by atoms with Gasteiger partial charge in [-0.2, -0.15) is 0 Å². The van der Waals surface area contributed by atoms with Crippen LogP contribution in [0.2, 0.25) is 0 Å². The van der Waals surface area contributed by atoms with Crippen molar-refractivity contribution in [3.8, 4) is 50.9 Å². The molecule has 0 saturated carbocycles. The van der Waals surface area contributed by atoms with Gasteiger partial charge in [-0.3, -0.25) is 34.5 Å². The summed E-state index contributed by atoms with van der Waals surface area (Å²) in [7, 11) is 0. The first-order chi connectivity index (χ1) is 47.5. The Morgan fingerprint density at radius 3 is 0.979 bits per heavy atom. The van der Waals surface area contributed by atoms with Gasteiger partial charge in [-0.25, -0.2) is 0 Å². The molecule has 0 atom stereocenters. The molecule has 7 heterocycles. The third kappa shape index (κ3) is 11.1. The summed E-state index contributed by atoms with van der Waals surface area (Å²) in [5.41, 5.74) is 13.7. The van der Waals surface area contributed by atoms with E-state index in [0.717, 1.165) is 76.9 Å². The lowest BCUT2D eigenvalue weighted by atomic mass is 9.97. The highest BCUT2D eigenvalue weighted by Crippen LogP contribution is 2.37. The third-order valence-electron chi connectivity index (χ3n) is 17.1. The maximum absolute atomic E-state index is 13.8.